The van der Waals surface area contributed by atoms with Gasteiger partial charge in [0.1, 0.15) is 5.82 Å². The van der Waals surface area contributed by atoms with Gasteiger partial charge >= 0.3 is 0 Å². The number of thiazole rings is 1. The minimum atomic E-state index is -0.392. The molecule has 0 bridgehead atoms. The third-order valence-corrected chi connectivity index (χ3v) is 8.21. The number of likely N-dealkylation sites (tertiary alicyclic amines) is 1. The molecule has 2 fully saturated rings. The number of benzene rings is 2. The molecule has 4 aromatic rings. The maximum atomic E-state index is 15.0. The molecule has 2 aliphatic rings. The number of aliphatic hydroxyl groups excluding tert-OH is 1. The molecule has 37 heavy (non-hydrogen) atoms. The molecule has 2 atom stereocenters. The van der Waals surface area contributed by atoms with Gasteiger partial charge in [-0.15, -0.1) is 24.8 Å². The molecule has 1 amide bonds. The van der Waals surface area contributed by atoms with Crippen LogP contribution in [0.2, 0.25) is 0 Å². The van der Waals surface area contributed by atoms with Crippen molar-refractivity contribution >= 4 is 57.2 Å². The Morgan fingerprint density at radius 2 is 1.97 bits per heavy atom. The number of carbonyl (C=O) groups excluding carboxylic acids is 1. The van der Waals surface area contributed by atoms with Crippen molar-refractivity contribution in [2.45, 2.75) is 37.5 Å². The maximum absolute atomic E-state index is 15.0. The topological polar surface area (TPSA) is 81.9 Å². The van der Waals surface area contributed by atoms with Gasteiger partial charge in [-0.1, -0.05) is 17.4 Å². The van der Waals surface area contributed by atoms with Gasteiger partial charge in [-0.25, -0.2) is 9.37 Å². The average molecular weight is 567 g/mol. The van der Waals surface area contributed by atoms with Crippen LogP contribution < -0.4 is 10.6 Å². The highest BCUT2D eigenvalue weighted by Gasteiger charge is 2.25. The maximum Gasteiger partial charge on any atom is 0.251 e. The van der Waals surface area contributed by atoms with Crippen LogP contribution in [-0.2, 0) is 0 Å². The second-order valence-corrected chi connectivity index (χ2v) is 10.7. The first kappa shape index (κ1) is 27.8. The summed E-state index contributed by atoms with van der Waals surface area (Å²) in [5.74, 6) is -0.367. The molecule has 0 unspecified atom stereocenters. The van der Waals surface area contributed by atoms with Crippen LogP contribution in [0.1, 0.15) is 41.2 Å². The van der Waals surface area contributed by atoms with Gasteiger partial charge in [0, 0.05) is 36.0 Å². The molecule has 2 aromatic carbocycles. The van der Waals surface area contributed by atoms with E-state index in [1.807, 2.05) is 34.9 Å². The van der Waals surface area contributed by atoms with Gasteiger partial charge < -0.3 is 20.6 Å². The number of β-amino-alcohol motifs (C(OH)–C–C–N with tert-alkyl or cyclic N) is 1. The fourth-order valence-electron chi connectivity index (χ4n) is 5.12. The quantitative estimate of drug-likeness (QED) is 0.341. The number of fused-ring (bicyclic) bond motifs is 3. The molecule has 0 radical (unpaired) electrons. The smallest absolute Gasteiger partial charge is 0.251 e. The number of nitrogens with zero attached hydrogens (tertiary/aromatic N) is 3. The summed E-state index contributed by atoms with van der Waals surface area (Å²) in [5, 5.41) is 16.1. The first-order chi connectivity index (χ1) is 16.9. The van der Waals surface area contributed by atoms with Gasteiger partial charge in [0.2, 0.25) is 0 Å². The number of imidazole rings is 1. The molecule has 4 heterocycles. The van der Waals surface area contributed by atoms with Crippen molar-refractivity contribution < 1.29 is 14.3 Å². The molecule has 2 saturated heterocycles. The first-order valence-corrected chi connectivity index (χ1v) is 12.9. The van der Waals surface area contributed by atoms with Crippen LogP contribution in [0.15, 0.2) is 42.6 Å². The summed E-state index contributed by atoms with van der Waals surface area (Å²) in [7, 11) is 2.11. The predicted octanol–water partition coefficient (Wildman–Crippen LogP) is 4.42. The van der Waals surface area contributed by atoms with E-state index < -0.39 is 6.10 Å². The fourth-order valence-corrected chi connectivity index (χ4v) is 6.17. The highest BCUT2D eigenvalue weighted by Crippen LogP contribution is 2.33. The average Bonchev–Trinajstić information content (AvgIpc) is 3.54. The van der Waals surface area contributed by atoms with E-state index in [1.165, 1.54) is 17.4 Å². The van der Waals surface area contributed by atoms with Crippen LogP contribution in [0.5, 0.6) is 0 Å². The van der Waals surface area contributed by atoms with Crippen LogP contribution in [-0.4, -0.2) is 64.1 Å². The lowest BCUT2D eigenvalue weighted by molar-refractivity contribution is 0.0917. The molecule has 6 rings (SSSR count). The van der Waals surface area contributed by atoms with E-state index in [2.05, 4.69) is 27.6 Å². The highest BCUT2D eigenvalue weighted by atomic mass is 35.5. The number of aromatic nitrogens is 2. The summed E-state index contributed by atoms with van der Waals surface area (Å²) in [4.78, 5) is 20.5. The number of nitrogens with one attached hydrogen (secondary N) is 2. The molecule has 2 aromatic heterocycles. The predicted molar refractivity (Wildman–Crippen MR) is 150 cm³/mol. The molecular formula is C26H30Cl2FN5O2S. The Bertz CT molecular complexity index is 1420. The summed E-state index contributed by atoms with van der Waals surface area (Å²) < 4.78 is 17.9. The summed E-state index contributed by atoms with van der Waals surface area (Å²) in [6.45, 7) is 2.52. The van der Waals surface area contributed by atoms with Gasteiger partial charge in [-0.2, -0.15) is 0 Å². The molecule has 11 heteroatoms. The Kier molecular flexibility index (Phi) is 8.42. The normalized spacial score (nSPS) is 20.6. The number of amides is 1. The largest absolute Gasteiger partial charge is 0.392 e. The van der Waals surface area contributed by atoms with Crippen LogP contribution >= 0.6 is 36.2 Å². The van der Waals surface area contributed by atoms with E-state index in [0.29, 0.717) is 29.8 Å². The SMILES string of the molecule is CN1CCC(NC(=O)c2ccc3c(c2)sc2nc(-c4ccc([C@H]5C[C@@H](O)CN5)cc4F)cn23)CC1.Cl.Cl. The van der Waals surface area contributed by atoms with E-state index in [1.54, 1.807) is 6.07 Å². The Balaban J connectivity index is 0.00000160. The number of hydrogen-bond donors (Lipinski definition) is 3. The van der Waals surface area contributed by atoms with Crippen molar-refractivity contribution in [2.75, 3.05) is 26.7 Å². The molecule has 0 spiro atoms. The Labute approximate surface area is 230 Å². The van der Waals surface area contributed by atoms with Gasteiger partial charge in [-0.05, 0) is 75.3 Å². The number of carbonyl (C=O) groups is 1. The lowest BCUT2D eigenvalue weighted by Crippen LogP contribution is -2.43. The second kappa shape index (κ2) is 11.2. The zero-order chi connectivity index (χ0) is 24.1. The van der Waals surface area contributed by atoms with Crippen molar-refractivity contribution in [3.05, 3.63) is 59.5 Å². The fraction of sp³-hybridized carbons (Fsp3) is 0.385. The zero-order valence-corrected chi connectivity index (χ0v) is 22.8. The molecular weight excluding hydrogens is 536 g/mol. The van der Waals surface area contributed by atoms with Gasteiger partial charge in [-0.3, -0.25) is 9.20 Å². The monoisotopic (exact) mass is 565 g/mol. The summed E-state index contributed by atoms with van der Waals surface area (Å²) in [6, 6.07) is 11.1. The van der Waals surface area contributed by atoms with Gasteiger partial charge in [0.15, 0.2) is 4.96 Å². The Morgan fingerprint density at radius 1 is 1.19 bits per heavy atom. The summed E-state index contributed by atoms with van der Waals surface area (Å²) >= 11 is 1.49. The number of hydrogen-bond acceptors (Lipinski definition) is 6. The van der Waals surface area contributed by atoms with Gasteiger partial charge in [0.25, 0.3) is 5.91 Å². The molecule has 3 N–H and O–H groups in total. The third kappa shape index (κ3) is 5.48. The number of aliphatic hydroxyl groups is 1. The molecule has 0 saturated carbocycles. The van der Waals surface area contributed by atoms with Crippen molar-refractivity contribution in [2.24, 2.45) is 0 Å². The Morgan fingerprint density at radius 3 is 2.68 bits per heavy atom. The molecule has 2 aliphatic heterocycles. The van der Waals surface area contributed by atoms with E-state index in [4.69, 9.17) is 0 Å². The first-order valence-electron chi connectivity index (χ1n) is 12.1. The number of rotatable bonds is 4. The van der Waals surface area contributed by atoms with Crippen molar-refractivity contribution in [3.8, 4) is 11.3 Å². The van der Waals surface area contributed by atoms with Crippen molar-refractivity contribution in [1.82, 2.24) is 24.9 Å². The Hall–Kier alpha value is -2.27. The number of halogens is 3. The van der Waals surface area contributed by atoms with E-state index in [9.17, 15) is 9.90 Å². The van der Waals surface area contributed by atoms with Crippen molar-refractivity contribution in [3.63, 3.8) is 0 Å². The molecule has 0 aliphatic carbocycles. The van der Waals surface area contributed by atoms with Crippen molar-refractivity contribution in [1.29, 1.82) is 0 Å². The van der Waals surface area contributed by atoms with E-state index in [0.717, 1.165) is 46.7 Å². The van der Waals surface area contributed by atoms with Crippen LogP contribution in [0.25, 0.3) is 26.4 Å². The molecule has 198 valence electrons. The lowest BCUT2D eigenvalue weighted by Gasteiger charge is -2.29. The van der Waals surface area contributed by atoms with Crippen LogP contribution in [0.4, 0.5) is 4.39 Å². The second-order valence-electron chi connectivity index (χ2n) is 9.70. The highest BCUT2D eigenvalue weighted by molar-refractivity contribution is 7.23. The minimum Gasteiger partial charge on any atom is -0.392 e. The van der Waals surface area contributed by atoms with Crippen LogP contribution in [0, 0.1) is 5.82 Å². The van der Waals surface area contributed by atoms with Gasteiger partial charge in [0.05, 0.1) is 22.0 Å². The van der Waals surface area contributed by atoms with E-state index >= 15 is 4.39 Å². The summed E-state index contributed by atoms with van der Waals surface area (Å²) in [5.41, 5.74) is 3.45. The zero-order valence-electron chi connectivity index (χ0n) is 20.3. The van der Waals surface area contributed by atoms with Crippen LogP contribution in [0.3, 0.4) is 0 Å². The minimum absolute atomic E-state index is 0. The lowest BCUT2D eigenvalue weighted by atomic mass is 10.0. The summed E-state index contributed by atoms with van der Waals surface area (Å²) in [6.07, 6.45) is 3.98. The number of piperidine rings is 1. The standard InChI is InChI=1S/C26H28FN5O2S.2ClH/c1-31-8-6-17(7-9-31)29-25(34)16-3-5-23-24(11-16)35-26-30-22(14-32(23)26)19-4-2-15(10-20(19)27)21-12-18(33)13-28-21;;/h2-5,10-11,14,17-18,21,28,33H,6-9,12-13H2,1H3,(H,29,34);2*1H/t18-,21-;;/m1../s1. The third-order valence-electron chi connectivity index (χ3n) is 7.19. The van der Waals surface area contributed by atoms with E-state index in [-0.39, 0.29) is 48.6 Å². The molecule has 7 nitrogen and oxygen atoms in total.